The Hall–Kier alpha value is -1.84. The Morgan fingerprint density at radius 3 is 3.11 bits per heavy atom. The molecular formula is C15H20N4. The molecule has 0 spiro atoms. The molecule has 0 aromatic carbocycles. The smallest absolute Gasteiger partial charge is 0.154 e. The van der Waals surface area contributed by atoms with Crippen molar-refractivity contribution in [3.05, 3.63) is 30.2 Å². The Morgan fingerprint density at radius 2 is 2.26 bits per heavy atom. The van der Waals surface area contributed by atoms with Gasteiger partial charge in [-0.1, -0.05) is 11.6 Å². The molecule has 1 N–H and O–H groups in total. The van der Waals surface area contributed by atoms with Crippen LogP contribution in [0.1, 0.15) is 32.1 Å². The lowest BCUT2D eigenvalue weighted by Gasteiger charge is -2.13. The maximum absolute atomic E-state index is 4.41. The van der Waals surface area contributed by atoms with Crippen molar-refractivity contribution in [2.75, 3.05) is 11.9 Å². The van der Waals surface area contributed by atoms with Gasteiger partial charge in [-0.15, -0.1) is 0 Å². The standard InChI is InChI=1S/C15H20N4/c1-19-11-18-14-13(19)8-10-17-15(14)16-9-7-12-5-3-2-4-6-12/h5,8,10-11H,2-4,6-7,9H2,1H3,(H,16,17). The molecule has 2 aromatic heterocycles. The summed E-state index contributed by atoms with van der Waals surface area (Å²) in [7, 11) is 2.01. The average molecular weight is 256 g/mol. The van der Waals surface area contributed by atoms with Crippen molar-refractivity contribution < 1.29 is 0 Å². The quantitative estimate of drug-likeness (QED) is 0.854. The van der Waals surface area contributed by atoms with Crippen LogP contribution in [0.25, 0.3) is 11.0 Å². The molecule has 0 atom stereocenters. The van der Waals surface area contributed by atoms with Crippen molar-refractivity contribution >= 4 is 16.9 Å². The van der Waals surface area contributed by atoms with Gasteiger partial charge in [-0.25, -0.2) is 9.97 Å². The van der Waals surface area contributed by atoms with Crippen LogP contribution in [0.2, 0.25) is 0 Å². The number of nitrogens with one attached hydrogen (secondary N) is 1. The zero-order valence-electron chi connectivity index (χ0n) is 11.4. The zero-order chi connectivity index (χ0) is 13.1. The molecule has 0 amide bonds. The van der Waals surface area contributed by atoms with Crippen molar-refractivity contribution in [3.63, 3.8) is 0 Å². The van der Waals surface area contributed by atoms with E-state index in [4.69, 9.17) is 0 Å². The first-order valence-electron chi connectivity index (χ1n) is 7.02. The summed E-state index contributed by atoms with van der Waals surface area (Å²) >= 11 is 0. The molecule has 0 radical (unpaired) electrons. The Balaban J connectivity index is 1.66. The van der Waals surface area contributed by atoms with E-state index in [1.54, 1.807) is 5.57 Å². The highest BCUT2D eigenvalue weighted by Crippen LogP contribution is 2.21. The minimum absolute atomic E-state index is 0.898. The van der Waals surface area contributed by atoms with Crippen LogP contribution in [0.15, 0.2) is 30.2 Å². The van der Waals surface area contributed by atoms with Gasteiger partial charge >= 0.3 is 0 Å². The van der Waals surface area contributed by atoms with Gasteiger partial charge in [0.1, 0.15) is 5.52 Å². The lowest BCUT2D eigenvalue weighted by atomic mass is 9.97. The molecule has 0 fully saturated rings. The van der Waals surface area contributed by atoms with E-state index in [0.717, 1.165) is 29.8 Å². The van der Waals surface area contributed by atoms with Crippen LogP contribution >= 0.6 is 0 Å². The van der Waals surface area contributed by atoms with Crippen LogP contribution in [0.4, 0.5) is 5.82 Å². The van der Waals surface area contributed by atoms with Gasteiger partial charge in [-0.3, -0.25) is 0 Å². The van der Waals surface area contributed by atoms with Crippen molar-refractivity contribution in [2.45, 2.75) is 32.1 Å². The summed E-state index contributed by atoms with van der Waals surface area (Å²) in [6, 6.07) is 2.00. The molecule has 0 saturated heterocycles. The fourth-order valence-corrected chi connectivity index (χ4v) is 2.66. The van der Waals surface area contributed by atoms with Gasteiger partial charge in [0, 0.05) is 19.8 Å². The zero-order valence-corrected chi connectivity index (χ0v) is 11.4. The fraction of sp³-hybridized carbons (Fsp3) is 0.467. The molecule has 4 nitrogen and oxygen atoms in total. The Labute approximate surface area is 113 Å². The van der Waals surface area contributed by atoms with Crippen molar-refractivity contribution in [2.24, 2.45) is 7.05 Å². The second-order valence-electron chi connectivity index (χ2n) is 5.17. The number of rotatable bonds is 4. The first kappa shape index (κ1) is 12.2. The third kappa shape index (κ3) is 2.62. The summed E-state index contributed by atoms with van der Waals surface area (Å²) in [6.07, 6.45) is 12.4. The van der Waals surface area contributed by atoms with Gasteiger partial charge in [-0.05, 0) is 38.2 Å². The van der Waals surface area contributed by atoms with E-state index in [1.807, 2.05) is 30.2 Å². The monoisotopic (exact) mass is 256 g/mol. The summed E-state index contributed by atoms with van der Waals surface area (Å²) in [5.41, 5.74) is 3.67. The molecule has 4 heteroatoms. The predicted octanol–water partition coefficient (Wildman–Crippen LogP) is 3.27. The number of hydrogen-bond donors (Lipinski definition) is 1. The Morgan fingerprint density at radius 1 is 1.32 bits per heavy atom. The topological polar surface area (TPSA) is 42.7 Å². The number of imidazole rings is 1. The van der Waals surface area contributed by atoms with Crippen LogP contribution in [-0.4, -0.2) is 21.1 Å². The van der Waals surface area contributed by atoms with Gasteiger partial charge in [0.2, 0.25) is 0 Å². The summed E-state index contributed by atoms with van der Waals surface area (Å²) < 4.78 is 2.02. The summed E-state index contributed by atoms with van der Waals surface area (Å²) in [4.78, 5) is 8.80. The van der Waals surface area contributed by atoms with Gasteiger partial charge in [0.25, 0.3) is 0 Å². The number of pyridine rings is 1. The summed E-state index contributed by atoms with van der Waals surface area (Å²) in [5.74, 6) is 0.898. The highest BCUT2D eigenvalue weighted by molar-refractivity contribution is 5.85. The average Bonchev–Trinajstić information content (AvgIpc) is 2.83. The van der Waals surface area contributed by atoms with Gasteiger partial charge in [0.05, 0.1) is 11.8 Å². The molecule has 1 aliphatic carbocycles. The molecule has 0 unspecified atom stereocenters. The molecule has 19 heavy (non-hydrogen) atoms. The number of aromatic nitrogens is 3. The highest BCUT2D eigenvalue weighted by Gasteiger charge is 2.07. The molecular weight excluding hydrogens is 236 g/mol. The maximum atomic E-state index is 4.41. The normalized spacial score (nSPS) is 15.5. The van der Waals surface area contributed by atoms with Gasteiger partial charge in [-0.2, -0.15) is 0 Å². The molecule has 0 saturated carbocycles. The van der Waals surface area contributed by atoms with Gasteiger partial charge in [0.15, 0.2) is 5.82 Å². The minimum atomic E-state index is 0.898. The SMILES string of the molecule is Cn1cnc2c(NCCC3=CCCCC3)nccc21. The third-order valence-electron chi connectivity index (χ3n) is 3.77. The molecule has 0 aliphatic heterocycles. The van der Waals surface area contributed by atoms with Crippen molar-refractivity contribution in [1.29, 1.82) is 0 Å². The molecule has 0 bridgehead atoms. The van der Waals surface area contributed by atoms with Crippen LogP contribution in [0.3, 0.4) is 0 Å². The Bertz CT molecular complexity index is 597. The van der Waals surface area contributed by atoms with Crippen molar-refractivity contribution in [3.8, 4) is 0 Å². The molecule has 1 aliphatic rings. The number of aryl methyl sites for hydroxylation is 1. The third-order valence-corrected chi connectivity index (χ3v) is 3.77. The number of allylic oxidation sites excluding steroid dienone is 1. The number of fused-ring (bicyclic) bond motifs is 1. The lowest BCUT2D eigenvalue weighted by molar-refractivity contribution is 0.679. The minimum Gasteiger partial charge on any atom is -0.368 e. The maximum Gasteiger partial charge on any atom is 0.154 e. The Kier molecular flexibility index (Phi) is 3.49. The number of hydrogen-bond acceptors (Lipinski definition) is 3. The largest absolute Gasteiger partial charge is 0.368 e. The number of nitrogens with zero attached hydrogens (tertiary/aromatic N) is 3. The predicted molar refractivity (Wildman–Crippen MR) is 78.2 cm³/mol. The molecule has 2 heterocycles. The van der Waals surface area contributed by atoms with E-state index in [0.29, 0.717) is 0 Å². The second-order valence-corrected chi connectivity index (χ2v) is 5.17. The van der Waals surface area contributed by atoms with E-state index >= 15 is 0 Å². The lowest BCUT2D eigenvalue weighted by Crippen LogP contribution is -2.06. The fourth-order valence-electron chi connectivity index (χ4n) is 2.66. The van der Waals surface area contributed by atoms with Crippen LogP contribution < -0.4 is 5.32 Å². The highest BCUT2D eigenvalue weighted by atomic mass is 15.1. The molecule has 3 rings (SSSR count). The van der Waals surface area contributed by atoms with E-state index in [-0.39, 0.29) is 0 Å². The first-order valence-corrected chi connectivity index (χ1v) is 7.02. The molecule has 2 aromatic rings. The van der Waals surface area contributed by atoms with E-state index in [9.17, 15) is 0 Å². The van der Waals surface area contributed by atoms with E-state index in [2.05, 4.69) is 21.4 Å². The van der Waals surface area contributed by atoms with Crippen molar-refractivity contribution in [1.82, 2.24) is 14.5 Å². The van der Waals surface area contributed by atoms with Gasteiger partial charge < -0.3 is 9.88 Å². The second kappa shape index (κ2) is 5.43. The van der Waals surface area contributed by atoms with E-state index in [1.165, 1.54) is 25.7 Å². The van der Waals surface area contributed by atoms with E-state index < -0.39 is 0 Å². The van der Waals surface area contributed by atoms with Crippen LogP contribution in [0.5, 0.6) is 0 Å². The first-order chi connectivity index (χ1) is 9.34. The number of anilines is 1. The van der Waals surface area contributed by atoms with Crippen LogP contribution in [0, 0.1) is 0 Å². The summed E-state index contributed by atoms with van der Waals surface area (Å²) in [5, 5.41) is 3.42. The summed E-state index contributed by atoms with van der Waals surface area (Å²) in [6.45, 7) is 0.939. The van der Waals surface area contributed by atoms with Crippen LogP contribution in [-0.2, 0) is 7.05 Å². The molecule has 100 valence electrons.